The zero-order valence-corrected chi connectivity index (χ0v) is 19.8. The average Bonchev–Trinajstić information content (AvgIpc) is 2.77. The third kappa shape index (κ3) is 7.65. The van der Waals surface area contributed by atoms with E-state index in [1.54, 1.807) is 14.0 Å². The predicted octanol–water partition coefficient (Wildman–Crippen LogP) is 1.66. The highest BCUT2D eigenvalue weighted by Crippen LogP contribution is 2.12. The fourth-order valence-electron chi connectivity index (χ4n) is 3.03. The summed E-state index contributed by atoms with van der Waals surface area (Å²) in [6.45, 7) is 1.91. The van der Waals surface area contributed by atoms with Gasteiger partial charge in [0.1, 0.15) is 11.8 Å². The summed E-state index contributed by atoms with van der Waals surface area (Å²) in [5, 5.41) is 2.87. The maximum atomic E-state index is 12.9. The van der Waals surface area contributed by atoms with Crippen molar-refractivity contribution in [1.82, 2.24) is 14.5 Å². The van der Waals surface area contributed by atoms with Gasteiger partial charge in [-0.15, -0.1) is 0 Å². The second-order valence-corrected chi connectivity index (χ2v) is 9.68. The second-order valence-electron chi connectivity index (χ2n) is 7.59. The fraction of sp³-hybridized carbons (Fsp3) is 0.391. The summed E-state index contributed by atoms with van der Waals surface area (Å²) in [5.74, 6) is 0.0184. The van der Waals surface area contributed by atoms with Crippen LogP contribution in [0.1, 0.15) is 18.1 Å². The molecule has 0 saturated heterocycles. The topological polar surface area (TPSA) is 96.0 Å². The standard InChI is InChI=1S/C23H31N3O5S/c1-18(23(28)24-15-14-19-10-12-21(31-3)13-11-19)26(16-20-8-6-5-7-9-20)22(27)17-25(2)32(4,29)30/h5-13,18H,14-17H2,1-4H3,(H,24,28). The smallest absolute Gasteiger partial charge is 0.242 e. The van der Waals surface area contributed by atoms with Gasteiger partial charge in [0.05, 0.1) is 19.9 Å². The third-order valence-corrected chi connectivity index (χ3v) is 6.42. The number of hydrogen-bond acceptors (Lipinski definition) is 5. The lowest BCUT2D eigenvalue weighted by Crippen LogP contribution is -2.50. The van der Waals surface area contributed by atoms with Crippen molar-refractivity contribution >= 4 is 21.8 Å². The van der Waals surface area contributed by atoms with Gasteiger partial charge < -0.3 is 15.0 Å². The van der Waals surface area contributed by atoms with E-state index < -0.39 is 22.0 Å². The van der Waals surface area contributed by atoms with Crippen LogP contribution in [-0.4, -0.2) is 69.0 Å². The number of methoxy groups -OCH3 is 1. The van der Waals surface area contributed by atoms with Gasteiger partial charge in [0.25, 0.3) is 0 Å². The molecule has 0 spiro atoms. The highest BCUT2D eigenvalue weighted by molar-refractivity contribution is 7.88. The number of amides is 2. The van der Waals surface area contributed by atoms with Gasteiger partial charge in [0, 0.05) is 20.1 Å². The molecule has 2 aromatic rings. The lowest BCUT2D eigenvalue weighted by Gasteiger charge is -2.30. The molecule has 2 aromatic carbocycles. The Bertz CT molecular complexity index is 994. The van der Waals surface area contributed by atoms with Crippen molar-refractivity contribution in [2.75, 3.05) is 33.5 Å². The van der Waals surface area contributed by atoms with Gasteiger partial charge in [0.2, 0.25) is 21.8 Å². The maximum absolute atomic E-state index is 12.9. The highest BCUT2D eigenvalue weighted by Gasteiger charge is 2.28. The van der Waals surface area contributed by atoms with Crippen LogP contribution < -0.4 is 10.1 Å². The maximum Gasteiger partial charge on any atom is 0.242 e. The van der Waals surface area contributed by atoms with Crippen molar-refractivity contribution in [3.63, 3.8) is 0 Å². The number of rotatable bonds is 11. The van der Waals surface area contributed by atoms with E-state index in [0.29, 0.717) is 13.0 Å². The molecule has 32 heavy (non-hydrogen) atoms. The number of nitrogens with zero attached hydrogens (tertiary/aromatic N) is 2. The fourth-order valence-corrected chi connectivity index (χ4v) is 3.38. The molecule has 1 N–H and O–H groups in total. The van der Waals surface area contributed by atoms with E-state index in [-0.39, 0.29) is 19.0 Å². The van der Waals surface area contributed by atoms with Crippen LogP contribution in [0.5, 0.6) is 5.75 Å². The summed E-state index contributed by atoms with van der Waals surface area (Å²) in [5.41, 5.74) is 1.89. The third-order valence-electron chi connectivity index (χ3n) is 5.16. The first-order chi connectivity index (χ1) is 15.1. The van der Waals surface area contributed by atoms with Gasteiger partial charge in [0.15, 0.2) is 0 Å². The molecule has 0 fully saturated rings. The lowest BCUT2D eigenvalue weighted by molar-refractivity contribution is -0.140. The van der Waals surface area contributed by atoms with E-state index in [1.807, 2.05) is 54.6 Å². The van der Waals surface area contributed by atoms with Crippen LogP contribution in [0.4, 0.5) is 0 Å². The molecular weight excluding hydrogens is 430 g/mol. The summed E-state index contributed by atoms with van der Waals surface area (Å²) < 4.78 is 29.6. The number of nitrogens with one attached hydrogen (secondary N) is 1. The van der Waals surface area contributed by atoms with E-state index in [1.165, 1.54) is 11.9 Å². The van der Waals surface area contributed by atoms with Crippen LogP contribution >= 0.6 is 0 Å². The molecule has 0 saturated carbocycles. The van der Waals surface area contributed by atoms with E-state index in [0.717, 1.165) is 27.4 Å². The second kappa shape index (κ2) is 11.6. The molecular formula is C23H31N3O5S. The number of sulfonamides is 1. The van der Waals surface area contributed by atoms with E-state index >= 15 is 0 Å². The SMILES string of the molecule is COc1ccc(CCNC(=O)C(C)N(Cc2ccccc2)C(=O)CN(C)S(C)(=O)=O)cc1. The Kier molecular flexibility index (Phi) is 9.22. The number of likely N-dealkylation sites (N-methyl/N-ethyl adjacent to an activating group) is 1. The number of ether oxygens (including phenoxy) is 1. The Morgan fingerprint density at radius 2 is 1.66 bits per heavy atom. The Hall–Kier alpha value is -2.91. The quantitative estimate of drug-likeness (QED) is 0.549. The minimum absolute atomic E-state index is 0.199. The number of carbonyl (C=O) groups excluding carboxylic acids is 2. The minimum Gasteiger partial charge on any atom is -0.497 e. The molecule has 0 bridgehead atoms. The van der Waals surface area contributed by atoms with E-state index in [2.05, 4.69) is 5.32 Å². The summed E-state index contributed by atoms with van der Waals surface area (Å²) in [6, 6.07) is 16.1. The zero-order valence-electron chi connectivity index (χ0n) is 18.9. The van der Waals surface area contributed by atoms with Crippen molar-refractivity contribution in [3.05, 3.63) is 65.7 Å². The molecule has 1 atom stereocenters. The van der Waals surface area contributed by atoms with Crippen molar-refractivity contribution in [1.29, 1.82) is 0 Å². The largest absolute Gasteiger partial charge is 0.497 e. The lowest BCUT2D eigenvalue weighted by atomic mass is 10.1. The molecule has 1 unspecified atom stereocenters. The van der Waals surface area contributed by atoms with Crippen molar-refractivity contribution < 1.29 is 22.7 Å². The normalized spacial score (nSPS) is 12.3. The van der Waals surface area contributed by atoms with Gasteiger partial charge in [-0.2, -0.15) is 4.31 Å². The summed E-state index contributed by atoms with van der Waals surface area (Å²) in [7, 11) is -0.579. The van der Waals surface area contributed by atoms with Gasteiger partial charge in [-0.1, -0.05) is 42.5 Å². The summed E-state index contributed by atoms with van der Waals surface area (Å²) in [6.07, 6.45) is 1.67. The van der Waals surface area contributed by atoms with Crippen LogP contribution in [0.25, 0.3) is 0 Å². The van der Waals surface area contributed by atoms with Gasteiger partial charge in [-0.25, -0.2) is 8.42 Å². The van der Waals surface area contributed by atoms with Gasteiger partial charge in [-0.05, 0) is 36.6 Å². The zero-order chi connectivity index (χ0) is 23.7. The number of benzene rings is 2. The number of carbonyl (C=O) groups is 2. The molecule has 8 nitrogen and oxygen atoms in total. The van der Waals surface area contributed by atoms with Gasteiger partial charge in [-0.3, -0.25) is 9.59 Å². The van der Waals surface area contributed by atoms with E-state index in [9.17, 15) is 18.0 Å². The Labute approximate surface area is 190 Å². The molecule has 0 aliphatic carbocycles. The van der Waals surface area contributed by atoms with Crippen LogP contribution in [0.15, 0.2) is 54.6 Å². The Morgan fingerprint density at radius 1 is 1.03 bits per heavy atom. The molecule has 2 rings (SSSR count). The highest BCUT2D eigenvalue weighted by atomic mass is 32.2. The molecule has 2 amide bonds. The summed E-state index contributed by atoms with van der Waals surface area (Å²) >= 11 is 0. The van der Waals surface area contributed by atoms with Crippen LogP contribution in [0, 0.1) is 0 Å². The average molecular weight is 462 g/mol. The van der Waals surface area contributed by atoms with E-state index in [4.69, 9.17) is 4.74 Å². The summed E-state index contributed by atoms with van der Waals surface area (Å²) in [4.78, 5) is 27.1. The van der Waals surface area contributed by atoms with Crippen LogP contribution in [0.2, 0.25) is 0 Å². The van der Waals surface area contributed by atoms with Crippen LogP contribution in [0.3, 0.4) is 0 Å². The van der Waals surface area contributed by atoms with Crippen molar-refractivity contribution in [3.8, 4) is 5.75 Å². The number of hydrogen-bond donors (Lipinski definition) is 1. The first-order valence-corrected chi connectivity index (χ1v) is 12.1. The first-order valence-electron chi connectivity index (χ1n) is 10.3. The van der Waals surface area contributed by atoms with Gasteiger partial charge >= 0.3 is 0 Å². The Morgan fingerprint density at radius 3 is 2.22 bits per heavy atom. The molecule has 0 aromatic heterocycles. The molecule has 0 radical (unpaired) electrons. The van der Waals surface area contributed by atoms with Crippen molar-refractivity contribution in [2.24, 2.45) is 0 Å². The predicted molar refractivity (Wildman–Crippen MR) is 124 cm³/mol. The Balaban J connectivity index is 2.05. The molecule has 0 aliphatic heterocycles. The molecule has 0 heterocycles. The molecule has 174 valence electrons. The first kappa shape index (κ1) is 25.4. The van der Waals surface area contributed by atoms with Crippen molar-refractivity contribution in [2.45, 2.75) is 25.9 Å². The monoisotopic (exact) mass is 461 g/mol. The molecule has 0 aliphatic rings. The minimum atomic E-state index is -3.52. The van der Waals surface area contributed by atoms with Crippen LogP contribution in [-0.2, 0) is 32.6 Å². The molecule has 9 heteroatoms.